The minimum Gasteiger partial charge on any atom is -0.339 e. The summed E-state index contributed by atoms with van der Waals surface area (Å²) in [6.45, 7) is 6.13. The number of benzene rings is 1. The second-order valence-corrected chi connectivity index (χ2v) is 5.27. The minimum atomic E-state index is 0.639. The van der Waals surface area contributed by atoms with E-state index in [4.69, 9.17) is 0 Å². The minimum absolute atomic E-state index is 0.639. The third-order valence-electron chi connectivity index (χ3n) is 3.38. The van der Waals surface area contributed by atoms with Crippen LogP contribution in [0.15, 0.2) is 36.7 Å². The molecule has 0 amide bonds. The van der Waals surface area contributed by atoms with Gasteiger partial charge in [0.15, 0.2) is 17.5 Å². The highest BCUT2D eigenvalue weighted by molar-refractivity contribution is 5.60. The van der Waals surface area contributed by atoms with Gasteiger partial charge in [0.05, 0.1) is 12.4 Å². The summed E-state index contributed by atoms with van der Waals surface area (Å²) < 4.78 is 0. The largest absolute Gasteiger partial charge is 0.339 e. The maximum absolute atomic E-state index is 4.49. The van der Waals surface area contributed by atoms with E-state index in [1.807, 2.05) is 19.1 Å². The molecule has 0 bridgehead atoms. The fourth-order valence-electron chi connectivity index (χ4n) is 2.07. The van der Waals surface area contributed by atoms with Crippen molar-refractivity contribution >= 4 is 23.1 Å². The fourth-order valence-corrected chi connectivity index (χ4v) is 2.07. The number of rotatable bonds is 4. The Morgan fingerprint density at radius 3 is 2.32 bits per heavy atom. The summed E-state index contributed by atoms with van der Waals surface area (Å²) in [5.41, 5.74) is 4.48. The van der Waals surface area contributed by atoms with Crippen molar-refractivity contribution in [3.8, 4) is 0 Å². The highest BCUT2D eigenvalue weighted by Gasteiger charge is 2.03. The molecule has 0 fully saturated rings. The van der Waals surface area contributed by atoms with Crippen LogP contribution in [0.4, 0.5) is 23.1 Å². The van der Waals surface area contributed by atoms with E-state index in [0.717, 1.165) is 17.2 Å². The molecule has 0 unspecified atom stereocenters. The van der Waals surface area contributed by atoms with Gasteiger partial charge in [0.25, 0.3) is 0 Å². The summed E-state index contributed by atoms with van der Waals surface area (Å²) in [4.78, 5) is 8.68. The molecule has 0 aliphatic rings. The number of anilines is 4. The molecule has 0 spiro atoms. The van der Waals surface area contributed by atoms with Crippen LogP contribution in [-0.4, -0.2) is 20.2 Å². The standard InChI is InChI=1S/C16H18N6/c1-10-4-5-13(6-11(10)2)18-15-8-17-9-16(20-15)19-14-7-12(3)21-22-14/h4-9H,1-3H3,(H3,18,19,20,21,22). The maximum atomic E-state index is 4.49. The van der Waals surface area contributed by atoms with E-state index in [-0.39, 0.29) is 0 Å². The second-order valence-electron chi connectivity index (χ2n) is 5.27. The Morgan fingerprint density at radius 2 is 1.64 bits per heavy atom. The Hall–Kier alpha value is -2.89. The van der Waals surface area contributed by atoms with Crippen molar-refractivity contribution in [2.45, 2.75) is 20.8 Å². The summed E-state index contributed by atoms with van der Waals surface area (Å²) in [6.07, 6.45) is 3.35. The number of H-pyrrole nitrogens is 1. The predicted molar refractivity (Wildman–Crippen MR) is 87.8 cm³/mol. The Kier molecular flexibility index (Phi) is 3.74. The Labute approximate surface area is 129 Å². The lowest BCUT2D eigenvalue weighted by molar-refractivity contribution is 1.05. The number of hydrogen-bond acceptors (Lipinski definition) is 5. The number of nitrogens with zero attached hydrogens (tertiary/aromatic N) is 3. The van der Waals surface area contributed by atoms with Crippen LogP contribution in [0.5, 0.6) is 0 Å². The van der Waals surface area contributed by atoms with Crippen molar-refractivity contribution in [3.05, 3.63) is 53.5 Å². The molecule has 112 valence electrons. The number of aromatic amines is 1. The third kappa shape index (κ3) is 3.22. The Balaban J connectivity index is 1.77. The number of nitrogens with one attached hydrogen (secondary N) is 3. The lowest BCUT2D eigenvalue weighted by Gasteiger charge is -2.09. The van der Waals surface area contributed by atoms with E-state index in [1.54, 1.807) is 12.4 Å². The van der Waals surface area contributed by atoms with E-state index in [2.05, 4.69) is 56.8 Å². The first-order valence-electron chi connectivity index (χ1n) is 7.05. The summed E-state index contributed by atoms with van der Waals surface area (Å²) >= 11 is 0. The maximum Gasteiger partial charge on any atom is 0.153 e. The van der Waals surface area contributed by atoms with E-state index < -0.39 is 0 Å². The third-order valence-corrected chi connectivity index (χ3v) is 3.38. The van der Waals surface area contributed by atoms with Crippen molar-refractivity contribution in [1.29, 1.82) is 0 Å². The molecular formula is C16H18N6. The van der Waals surface area contributed by atoms with Crippen LogP contribution in [0.3, 0.4) is 0 Å². The number of aryl methyl sites for hydroxylation is 3. The van der Waals surface area contributed by atoms with Crippen LogP contribution in [0.2, 0.25) is 0 Å². The van der Waals surface area contributed by atoms with Crippen molar-refractivity contribution < 1.29 is 0 Å². The first-order chi connectivity index (χ1) is 10.6. The monoisotopic (exact) mass is 294 g/mol. The second kappa shape index (κ2) is 5.85. The molecular weight excluding hydrogens is 276 g/mol. The van der Waals surface area contributed by atoms with Crippen molar-refractivity contribution in [3.63, 3.8) is 0 Å². The van der Waals surface area contributed by atoms with Crippen molar-refractivity contribution in [2.24, 2.45) is 0 Å². The molecule has 0 saturated heterocycles. The van der Waals surface area contributed by atoms with Gasteiger partial charge in [-0.05, 0) is 44.0 Å². The zero-order chi connectivity index (χ0) is 15.5. The van der Waals surface area contributed by atoms with Crippen LogP contribution in [0.25, 0.3) is 0 Å². The van der Waals surface area contributed by atoms with E-state index in [0.29, 0.717) is 11.6 Å². The van der Waals surface area contributed by atoms with Crippen LogP contribution >= 0.6 is 0 Å². The van der Waals surface area contributed by atoms with Gasteiger partial charge < -0.3 is 10.6 Å². The topological polar surface area (TPSA) is 78.5 Å². The lowest BCUT2D eigenvalue weighted by Crippen LogP contribution is -2.00. The molecule has 3 N–H and O–H groups in total. The Morgan fingerprint density at radius 1 is 0.864 bits per heavy atom. The van der Waals surface area contributed by atoms with Gasteiger partial charge in [0.1, 0.15) is 0 Å². The van der Waals surface area contributed by atoms with Gasteiger partial charge in [-0.25, -0.2) is 4.98 Å². The summed E-state index contributed by atoms with van der Waals surface area (Å²) in [7, 11) is 0. The fraction of sp³-hybridized carbons (Fsp3) is 0.188. The lowest BCUT2D eigenvalue weighted by atomic mass is 10.1. The van der Waals surface area contributed by atoms with Crippen LogP contribution in [0, 0.1) is 20.8 Å². The van der Waals surface area contributed by atoms with Gasteiger partial charge in [-0.2, -0.15) is 5.10 Å². The zero-order valence-corrected chi connectivity index (χ0v) is 12.8. The summed E-state index contributed by atoms with van der Waals surface area (Å²) in [6, 6.07) is 8.11. The highest BCUT2D eigenvalue weighted by atomic mass is 15.2. The van der Waals surface area contributed by atoms with Gasteiger partial charge in [0.2, 0.25) is 0 Å². The molecule has 1 aromatic carbocycles. The van der Waals surface area contributed by atoms with Gasteiger partial charge in [-0.1, -0.05) is 6.07 Å². The quantitative estimate of drug-likeness (QED) is 0.685. The van der Waals surface area contributed by atoms with Gasteiger partial charge >= 0.3 is 0 Å². The van der Waals surface area contributed by atoms with Gasteiger partial charge in [-0.3, -0.25) is 10.1 Å². The van der Waals surface area contributed by atoms with Crippen LogP contribution in [0.1, 0.15) is 16.8 Å². The molecule has 2 heterocycles. The smallest absolute Gasteiger partial charge is 0.153 e. The average molecular weight is 294 g/mol. The molecule has 3 aromatic rings. The average Bonchev–Trinajstić information content (AvgIpc) is 2.89. The summed E-state index contributed by atoms with van der Waals surface area (Å²) in [5, 5.41) is 13.4. The molecule has 6 heteroatoms. The first-order valence-corrected chi connectivity index (χ1v) is 7.05. The first kappa shape index (κ1) is 14.1. The molecule has 0 atom stereocenters. The Bertz CT molecular complexity index is 793. The molecule has 22 heavy (non-hydrogen) atoms. The van der Waals surface area contributed by atoms with Crippen molar-refractivity contribution in [1.82, 2.24) is 20.2 Å². The normalized spacial score (nSPS) is 10.5. The van der Waals surface area contributed by atoms with E-state index in [9.17, 15) is 0 Å². The molecule has 6 nitrogen and oxygen atoms in total. The zero-order valence-electron chi connectivity index (χ0n) is 12.8. The molecule has 0 aliphatic heterocycles. The number of aromatic nitrogens is 4. The van der Waals surface area contributed by atoms with Crippen LogP contribution < -0.4 is 10.6 Å². The predicted octanol–water partition coefficient (Wildman–Crippen LogP) is 3.61. The number of hydrogen-bond donors (Lipinski definition) is 3. The summed E-state index contributed by atoms with van der Waals surface area (Å²) in [5.74, 6) is 2.04. The van der Waals surface area contributed by atoms with Crippen molar-refractivity contribution in [2.75, 3.05) is 10.6 Å². The van der Waals surface area contributed by atoms with Gasteiger partial charge in [-0.15, -0.1) is 0 Å². The molecule has 3 rings (SSSR count). The molecule has 0 aliphatic carbocycles. The van der Waals surface area contributed by atoms with E-state index >= 15 is 0 Å². The highest BCUT2D eigenvalue weighted by Crippen LogP contribution is 2.19. The molecule has 0 radical (unpaired) electrons. The van der Waals surface area contributed by atoms with E-state index in [1.165, 1.54) is 11.1 Å². The molecule has 2 aromatic heterocycles. The molecule has 0 saturated carbocycles. The van der Waals surface area contributed by atoms with Crippen LogP contribution in [-0.2, 0) is 0 Å². The van der Waals surface area contributed by atoms with Gasteiger partial charge in [0, 0.05) is 17.4 Å². The SMILES string of the molecule is Cc1cc(Nc2cncc(Nc3ccc(C)c(C)c3)n2)n[nH]1.